The molecule has 0 saturated carbocycles. The first kappa shape index (κ1) is 17.3. The van der Waals surface area contributed by atoms with Crippen molar-refractivity contribution in [3.8, 4) is 0 Å². The van der Waals surface area contributed by atoms with Crippen LogP contribution in [0.5, 0.6) is 0 Å². The number of aliphatic hydroxyl groups is 1. The second-order valence-electron chi connectivity index (χ2n) is 5.14. The van der Waals surface area contributed by atoms with Crippen molar-refractivity contribution in [3.05, 3.63) is 52.2 Å². The zero-order chi connectivity index (χ0) is 17.1. The molecule has 0 fully saturated rings. The fourth-order valence-electron chi connectivity index (χ4n) is 1.93. The van der Waals surface area contributed by atoms with Crippen LogP contribution in [0.25, 0.3) is 0 Å². The Morgan fingerprint density at radius 2 is 1.96 bits per heavy atom. The van der Waals surface area contributed by atoms with Crippen LogP contribution in [0.15, 0.2) is 41.1 Å². The average Bonchev–Trinajstić information content (AvgIpc) is 3.00. The molecule has 2 amide bonds. The summed E-state index contributed by atoms with van der Waals surface area (Å²) in [6.07, 6.45) is -4.56. The topological polar surface area (TPSA) is 61.4 Å². The number of carbonyl (C=O) groups excluding carboxylic acids is 1. The maximum absolute atomic E-state index is 12.8. The van der Waals surface area contributed by atoms with Crippen molar-refractivity contribution in [1.29, 1.82) is 0 Å². The van der Waals surface area contributed by atoms with Gasteiger partial charge in [-0.1, -0.05) is 12.1 Å². The van der Waals surface area contributed by atoms with Crippen LogP contribution in [0.1, 0.15) is 18.1 Å². The number of carbonyl (C=O) groups is 1. The molecule has 3 N–H and O–H groups in total. The highest BCUT2D eigenvalue weighted by atomic mass is 32.1. The van der Waals surface area contributed by atoms with Crippen LogP contribution in [0.4, 0.5) is 23.7 Å². The number of urea groups is 1. The maximum atomic E-state index is 12.8. The zero-order valence-electron chi connectivity index (χ0n) is 12.1. The van der Waals surface area contributed by atoms with Crippen LogP contribution in [0, 0.1) is 0 Å². The number of alkyl halides is 3. The third kappa shape index (κ3) is 4.46. The summed E-state index contributed by atoms with van der Waals surface area (Å²) in [5.74, 6) is 0. The van der Waals surface area contributed by atoms with Crippen molar-refractivity contribution < 1.29 is 23.1 Å². The molecule has 1 aromatic carbocycles. The normalized spacial score (nSPS) is 14.1. The van der Waals surface area contributed by atoms with E-state index in [1.807, 2.05) is 0 Å². The first-order valence-corrected chi connectivity index (χ1v) is 7.60. The van der Waals surface area contributed by atoms with Gasteiger partial charge in [-0.2, -0.15) is 24.5 Å². The summed E-state index contributed by atoms with van der Waals surface area (Å²) in [6, 6.07) is 5.58. The van der Waals surface area contributed by atoms with Crippen LogP contribution in [-0.4, -0.2) is 17.7 Å². The molecule has 124 valence electrons. The molecule has 4 nitrogen and oxygen atoms in total. The number of nitrogens with one attached hydrogen (secondary N) is 2. The van der Waals surface area contributed by atoms with Gasteiger partial charge in [0, 0.05) is 0 Å². The van der Waals surface area contributed by atoms with Gasteiger partial charge >= 0.3 is 12.2 Å². The zero-order valence-corrected chi connectivity index (χ0v) is 13.0. The van der Waals surface area contributed by atoms with Gasteiger partial charge in [-0.15, -0.1) is 0 Å². The van der Waals surface area contributed by atoms with Gasteiger partial charge in [0.25, 0.3) is 0 Å². The van der Waals surface area contributed by atoms with Crippen LogP contribution >= 0.6 is 11.3 Å². The Morgan fingerprint density at radius 1 is 1.26 bits per heavy atom. The quantitative estimate of drug-likeness (QED) is 0.790. The number of para-hydroxylation sites is 1. The number of amides is 2. The van der Waals surface area contributed by atoms with Gasteiger partial charge in [-0.05, 0) is 41.4 Å². The standard InChI is InChI=1S/C15H15F3N2O2S/c1-14(22,10-6-7-23-8-10)9-19-13(21)20-12-5-3-2-4-11(12)15(16,17)18/h2-8,22H,9H2,1H3,(H2,19,20,21). The summed E-state index contributed by atoms with van der Waals surface area (Å²) in [6.45, 7) is 1.38. The van der Waals surface area contributed by atoms with E-state index in [2.05, 4.69) is 10.6 Å². The van der Waals surface area contributed by atoms with E-state index >= 15 is 0 Å². The first-order valence-electron chi connectivity index (χ1n) is 6.66. The van der Waals surface area contributed by atoms with E-state index in [0.29, 0.717) is 5.56 Å². The van der Waals surface area contributed by atoms with Crippen molar-refractivity contribution in [2.45, 2.75) is 18.7 Å². The minimum Gasteiger partial charge on any atom is -0.384 e. The van der Waals surface area contributed by atoms with Crippen LogP contribution < -0.4 is 10.6 Å². The second-order valence-corrected chi connectivity index (χ2v) is 5.92. The van der Waals surface area contributed by atoms with Crippen molar-refractivity contribution in [2.75, 3.05) is 11.9 Å². The van der Waals surface area contributed by atoms with Crippen LogP contribution in [0.2, 0.25) is 0 Å². The fraction of sp³-hybridized carbons (Fsp3) is 0.267. The molecule has 0 aliphatic carbocycles. The minimum atomic E-state index is -4.56. The van der Waals surface area contributed by atoms with Crippen molar-refractivity contribution in [3.63, 3.8) is 0 Å². The van der Waals surface area contributed by atoms with E-state index in [-0.39, 0.29) is 12.2 Å². The lowest BCUT2D eigenvalue weighted by Gasteiger charge is -2.23. The van der Waals surface area contributed by atoms with Gasteiger partial charge in [0.15, 0.2) is 0 Å². The molecule has 1 heterocycles. The Balaban J connectivity index is 2.01. The lowest BCUT2D eigenvalue weighted by Crippen LogP contribution is -2.40. The van der Waals surface area contributed by atoms with Crippen LogP contribution in [-0.2, 0) is 11.8 Å². The highest BCUT2D eigenvalue weighted by Crippen LogP contribution is 2.34. The molecule has 0 aliphatic rings. The molecule has 1 aromatic heterocycles. The predicted octanol–water partition coefficient (Wildman–Crippen LogP) is 3.80. The number of anilines is 1. The number of rotatable bonds is 4. The maximum Gasteiger partial charge on any atom is 0.418 e. The molecular formula is C15H15F3N2O2S. The predicted molar refractivity (Wildman–Crippen MR) is 82.4 cm³/mol. The molecule has 2 rings (SSSR count). The van der Waals surface area contributed by atoms with E-state index in [0.717, 1.165) is 6.07 Å². The van der Waals surface area contributed by atoms with Crippen molar-refractivity contribution in [2.24, 2.45) is 0 Å². The van der Waals surface area contributed by atoms with Gasteiger partial charge < -0.3 is 15.7 Å². The molecule has 1 atom stereocenters. The summed E-state index contributed by atoms with van der Waals surface area (Å²) in [7, 11) is 0. The first-order chi connectivity index (χ1) is 10.7. The van der Waals surface area contributed by atoms with E-state index in [9.17, 15) is 23.1 Å². The molecule has 0 saturated heterocycles. The molecule has 2 aromatic rings. The molecule has 1 unspecified atom stereocenters. The molecule has 0 radical (unpaired) electrons. The fourth-order valence-corrected chi connectivity index (χ4v) is 2.71. The minimum absolute atomic E-state index is 0.135. The smallest absolute Gasteiger partial charge is 0.384 e. The summed E-state index contributed by atoms with van der Waals surface area (Å²) < 4.78 is 38.5. The third-order valence-corrected chi connectivity index (χ3v) is 3.90. The van der Waals surface area contributed by atoms with Crippen molar-refractivity contribution in [1.82, 2.24) is 5.32 Å². The van der Waals surface area contributed by atoms with Gasteiger partial charge in [-0.25, -0.2) is 4.79 Å². The van der Waals surface area contributed by atoms with Gasteiger partial charge in [0.05, 0.1) is 17.8 Å². The monoisotopic (exact) mass is 344 g/mol. The summed E-state index contributed by atoms with van der Waals surface area (Å²) >= 11 is 1.39. The van der Waals surface area contributed by atoms with Gasteiger partial charge in [0.1, 0.15) is 5.60 Å². The second kappa shape index (κ2) is 6.59. The molecular weight excluding hydrogens is 329 g/mol. The Kier molecular flexibility index (Phi) is 4.96. The largest absolute Gasteiger partial charge is 0.418 e. The SMILES string of the molecule is CC(O)(CNC(=O)Nc1ccccc1C(F)(F)F)c1ccsc1. The Morgan fingerprint density at radius 3 is 2.57 bits per heavy atom. The number of halogens is 3. The molecule has 0 aliphatic heterocycles. The van der Waals surface area contributed by atoms with Crippen molar-refractivity contribution >= 4 is 23.1 Å². The highest BCUT2D eigenvalue weighted by Gasteiger charge is 2.33. The Bertz CT molecular complexity index is 670. The Hall–Kier alpha value is -2.06. The van der Waals surface area contributed by atoms with E-state index < -0.39 is 23.4 Å². The molecule has 23 heavy (non-hydrogen) atoms. The molecule has 8 heteroatoms. The van der Waals surface area contributed by atoms with Gasteiger partial charge in [0.2, 0.25) is 0 Å². The third-order valence-electron chi connectivity index (χ3n) is 3.22. The Labute approximate surface area is 135 Å². The van der Waals surface area contributed by atoms with E-state index in [4.69, 9.17) is 0 Å². The number of hydrogen-bond donors (Lipinski definition) is 3. The number of thiophene rings is 1. The lowest BCUT2D eigenvalue weighted by molar-refractivity contribution is -0.136. The molecule has 0 bridgehead atoms. The van der Waals surface area contributed by atoms with Crippen LogP contribution in [0.3, 0.4) is 0 Å². The summed E-state index contributed by atoms with van der Waals surface area (Å²) in [4.78, 5) is 11.8. The summed E-state index contributed by atoms with van der Waals surface area (Å²) in [5, 5.41) is 18.3. The van der Waals surface area contributed by atoms with E-state index in [1.165, 1.54) is 36.5 Å². The number of hydrogen-bond acceptors (Lipinski definition) is 3. The summed E-state index contributed by atoms with van der Waals surface area (Å²) in [5.41, 5.74) is -1.95. The van der Waals surface area contributed by atoms with Gasteiger partial charge in [-0.3, -0.25) is 0 Å². The van der Waals surface area contributed by atoms with E-state index in [1.54, 1.807) is 16.8 Å². The number of benzene rings is 1. The molecule has 0 spiro atoms. The lowest BCUT2D eigenvalue weighted by atomic mass is 9.99. The average molecular weight is 344 g/mol. The highest BCUT2D eigenvalue weighted by molar-refractivity contribution is 7.08.